The van der Waals surface area contributed by atoms with E-state index in [9.17, 15) is 0 Å². The highest BCUT2D eigenvalue weighted by atomic mass is 16.5. The first-order valence-corrected chi connectivity index (χ1v) is 11.0. The number of anilines is 1. The number of rotatable bonds is 7. The SMILES string of the molecule is CCN1CCN(c2ncc3c(n2)CCN(Cc2ccc(OC)c(OC)c2OC)C3)CC1. The predicted molar refractivity (Wildman–Crippen MR) is 120 cm³/mol. The molecule has 4 rings (SSSR count). The van der Waals surface area contributed by atoms with Crippen LogP contribution in [0, 0.1) is 0 Å². The van der Waals surface area contributed by atoms with E-state index in [1.54, 1.807) is 21.3 Å². The van der Waals surface area contributed by atoms with Gasteiger partial charge in [-0.3, -0.25) is 4.90 Å². The number of methoxy groups -OCH3 is 3. The van der Waals surface area contributed by atoms with Crippen molar-refractivity contribution in [2.24, 2.45) is 0 Å². The van der Waals surface area contributed by atoms with Crippen molar-refractivity contribution in [3.8, 4) is 17.2 Å². The minimum atomic E-state index is 0.635. The summed E-state index contributed by atoms with van der Waals surface area (Å²) in [5.41, 5.74) is 3.47. The van der Waals surface area contributed by atoms with Crippen LogP contribution in [0.3, 0.4) is 0 Å². The third kappa shape index (κ3) is 4.55. The van der Waals surface area contributed by atoms with Crippen molar-refractivity contribution in [3.63, 3.8) is 0 Å². The van der Waals surface area contributed by atoms with Gasteiger partial charge in [0.15, 0.2) is 11.5 Å². The maximum Gasteiger partial charge on any atom is 0.225 e. The molecule has 31 heavy (non-hydrogen) atoms. The second-order valence-electron chi connectivity index (χ2n) is 8.02. The van der Waals surface area contributed by atoms with Crippen LogP contribution >= 0.6 is 0 Å². The summed E-state index contributed by atoms with van der Waals surface area (Å²) in [5, 5.41) is 0. The first-order valence-electron chi connectivity index (χ1n) is 11.0. The fourth-order valence-corrected chi connectivity index (χ4v) is 4.44. The van der Waals surface area contributed by atoms with E-state index in [0.29, 0.717) is 11.5 Å². The van der Waals surface area contributed by atoms with Gasteiger partial charge < -0.3 is 24.0 Å². The van der Waals surface area contributed by atoms with Crippen molar-refractivity contribution in [1.29, 1.82) is 0 Å². The average Bonchev–Trinajstić information content (AvgIpc) is 2.83. The van der Waals surface area contributed by atoms with Crippen molar-refractivity contribution >= 4 is 5.95 Å². The van der Waals surface area contributed by atoms with E-state index >= 15 is 0 Å². The topological polar surface area (TPSA) is 63.2 Å². The number of ether oxygens (including phenoxy) is 3. The molecule has 0 aliphatic carbocycles. The summed E-state index contributed by atoms with van der Waals surface area (Å²) in [6, 6.07) is 3.98. The second kappa shape index (κ2) is 9.70. The first kappa shape index (κ1) is 21.6. The van der Waals surface area contributed by atoms with Crippen LogP contribution in [-0.2, 0) is 19.5 Å². The third-order valence-corrected chi connectivity index (χ3v) is 6.28. The Hall–Kier alpha value is -2.58. The predicted octanol–water partition coefficient (Wildman–Crippen LogP) is 2.20. The molecule has 0 saturated carbocycles. The molecule has 0 radical (unpaired) electrons. The molecule has 3 heterocycles. The van der Waals surface area contributed by atoms with Crippen LogP contribution in [0.2, 0.25) is 0 Å². The van der Waals surface area contributed by atoms with Gasteiger partial charge >= 0.3 is 0 Å². The molecule has 1 fully saturated rings. The van der Waals surface area contributed by atoms with Crippen molar-refractivity contribution in [2.45, 2.75) is 26.4 Å². The van der Waals surface area contributed by atoms with Crippen LogP contribution in [-0.4, -0.2) is 80.4 Å². The first-order chi connectivity index (χ1) is 15.2. The summed E-state index contributed by atoms with van der Waals surface area (Å²) in [5.74, 6) is 2.92. The lowest BCUT2D eigenvalue weighted by molar-refractivity contribution is 0.236. The van der Waals surface area contributed by atoms with Gasteiger partial charge in [-0.25, -0.2) is 9.97 Å². The standard InChI is InChI=1S/C23H33N5O3/c1-5-26-10-12-28(13-11-26)23-24-14-18-16-27(9-8-19(18)25-23)15-17-6-7-20(29-2)22(31-4)21(17)30-3/h6-7,14H,5,8-13,15-16H2,1-4H3. The number of nitrogens with zero attached hydrogens (tertiary/aromatic N) is 5. The zero-order chi connectivity index (χ0) is 21.8. The number of benzene rings is 1. The summed E-state index contributed by atoms with van der Waals surface area (Å²) < 4.78 is 16.6. The fraction of sp³-hybridized carbons (Fsp3) is 0.565. The molecular weight excluding hydrogens is 394 g/mol. The molecule has 168 valence electrons. The minimum Gasteiger partial charge on any atom is -0.493 e. The van der Waals surface area contributed by atoms with Crippen molar-refractivity contribution in [3.05, 3.63) is 35.2 Å². The van der Waals surface area contributed by atoms with E-state index in [-0.39, 0.29) is 0 Å². The molecular formula is C23H33N5O3. The van der Waals surface area contributed by atoms with Gasteiger partial charge in [0.25, 0.3) is 0 Å². The van der Waals surface area contributed by atoms with Crippen molar-refractivity contribution < 1.29 is 14.2 Å². The van der Waals surface area contributed by atoms with Crippen molar-refractivity contribution in [2.75, 3.05) is 65.5 Å². The number of fused-ring (bicyclic) bond motifs is 1. The van der Waals surface area contributed by atoms with Gasteiger partial charge in [-0.05, 0) is 12.6 Å². The Morgan fingerprint density at radius 2 is 1.68 bits per heavy atom. The lowest BCUT2D eigenvalue weighted by Gasteiger charge is -2.35. The van der Waals surface area contributed by atoms with Gasteiger partial charge in [-0.1, -0.05) is 13.0 Å². The van der Waals surface area contributed by atoms with Gasteiger partial charge in [-0.15, -0.1) is 0 Å². The number of piperazine rings is 1. The van der Waals surface area contributed by atoms with E-state index in [4.69, 9.17) is 24.2 Å². The normalized spacial score (nSPS) is 17.4. The van der Waals surface area contributed by atoms with Gasteiger partial charge in [0.1, 0.15) is 0 Å². The molecule has 2 aromatic rings. The molecule has 8 heteroatoms. The van der Waals surface area contributed by atoms with Crippen LogP contribution < -0.4 is 19.1 Å². The number of aromatic nitrogens is 2. The Labute approximate surface area is 184 Å². The summed E-state index contributed by atoms with van der Waals surface area (Å²) >= 11 is 0. The maximum absolute atomic E-state index is 5.65. The van der Waals surface area contributed by atoms with Crippen LogP contribution in [0.15, 0.2) is 18.3 Å². The molecule has 0 bridgehead atoms. The third-order valence-electron chi connectivity index (χ3n) is 6.28. The molecule has 1 aromatic carbocycles. The van der Waals surface area contributed by atoms with E-state index in [2.05, 4.69) is 21.6 Å². The van der Waals surface area contributed by atoms with E-state index in [1.165, 1.54) is 11.3 Å². The molecule has 0 amide bonds. The lowest BCUT2D eigenvalue weighted by atomic mass is 10.1. The highest BCUT2D eigenvalue weighted by Crippen LogP contribution is 2.40. The Morgan fingerprint density at radius 1 is 0.903 bits per heavy atom. The molecule has 1 aromatic heterocycles. The molecule has 2 aliphatic heterocycles. The lowest BCUT2D eigenvalue weighted by Crippen LogP contribution is -2.47. The monoisotopic (exact) mass is 427 g/mol. The Kier molecular flexibility index (Phi) is 6.77. The second-order valence-corrected chi connectivity index (χ2v) is 8.02. The Morgan fingerprint density at radius 3 is 2.35 bits per heavy atom. The number of likely N-dealkylation sites (N-methyl/N-ethyl adjacent to an activating group) is 1. The molecule has 0 unspecified atom stereocenters. The van der Waals surface area contributed by atoms with Crippen LogP contribution in [0.25, 0.3) is 0 Å². The summed E-state index contributed by atoms with van der Waals surface area (Å²) in [6.45, 7) is 10.0. The highest BCUT2D eigenvalue weighted by molar-refractivity contribution is 5.55. The Bertz CT molecular complexity index is 899. The zero-order valence-corrected chi connectivity index (χ0v) is 19.1. The average molecular weight is 428 g/mol. The van der Waals surface area contributed by atoms with E-state index in [1.807, 2.05) is 18.3 Å². The largest absolute Gasteiger partial charge is 0.493 e. The quantitative estimate of drug-likeness (QED) is 0.667. The molecule has 0 N–H and O–H groups in total. The van der Waals surface area contributed by atoms with Gasteiger partial charge in [0.2, 0.25) is 11.7 Å². The fourth-order valence-electron chi connectivity index (χ4n) is 4.44. The molecule has 0 atom stereocenters. The Balaban J connectivity index is 1.45. The number of hydrogen-bond donors (Lipinski definition) is 0. The number of hydrogen-bond acceptors (Lipinski definition) is 8. The van der Waals surface area contributed by atoms with Gasteiger partial charge in [-0.2, -0.15) is 0 Å². The summed E-state index contributed by atoms with van der Waals surface area (Å²) in [6.07, 6.45) is 2.94. The zero-order valence-electron chi connectivity index (χ0n) is 19.1. The summed E-state index contributed by atoms with van der Waals surface area (Å²) in [7, 11) is 4.94. The summed E-state index contributed by atoms with van der Waals surface area (Å²) in [4.78, 5) is 16.8. The molecule has 1 saturated heterocycles. The van der Waals surface area contributed by atoms with E-state index in [0.717, 1.165) is 76.0 Å². The maximum atomic E-state index is 5.65. The van der Waals surface area contributed by atoms with Crippen LogP contribution in [0.5, 0.6) is 17.2 Å². The van der Waals surface area contributed by atoms with Gasteiger partial charge in [0, 0.05) is 69.6 Å². The molecule has 8 nitrogen and oxygen atoms in total. The highest BCUT2D eigenvalue weighted by Gasteiger charge is 2.24. The molecule has 0 spiro atoms. The minimum absolute atomic E-state index is 0.635. The van der Waals surface area contributed by atoms with Gasteiger partial charge in [0.05, 0.1) is 27.0 Å². The smallest absolute Gasteiger partial charge is 0.225 e. The van der Waals surface area contributed by atoms with Crippen LogP contribution in [0.1, 0.15) is 23.7 Å². The molecule has 2 aliphatic rings. The van der Waals surface area contributed by atoms with Crippen LogP contribution in [0.4, 0.5) is 5.95 Å². The van der Waals surface area contributed by atoms with Crippen molar-refractivity contribution in [1.82, 2.24) is 19.8 Å². The van der Waals surface area contributed by atoms with E-state index < -0.39 is 0 Å².